The van der Waals surface area contributed by atoms with Gasteiger partial charge in [0.05, 0.1) is 6.61 Å². The molecule has 1 atom stereocenters. The van der Waals surface area contributed by atoms with Crippen LogP contribution in [0.5, 0.6) is 0 Å². The summed E-state index contributed by atoms with van der Waals surface area (Å²) in [6.45, 7) is 4.15. The number of unbranched alkanes of at least 4 members (excludes halogenated alkanes) is 1. The van der Waals surface area contributed by atoms with Crippen molar-refractivity contribution >= 4 is 61.8 Å². The molecule has 0 aliphatic carbocycles. The Balaban J connectivity index is 0. The third kappa shape index (κ3) is 11.6. The van der Waals surface area contributed by atoms with Crippen molar-refractivity contribution in [1.82, 2.24) is 0 Å². The Kier molecular flexibility index (Phi) is 12.4. The van der Waals surface area contributed by atoms with Crippen molar-refractivity contribution in [2.75, 3.05) is 6.61 Å². The minimum Gasteiger partial charge on any atom is -0.264 e. The molecule has 0 saturated heterocycles. The first-order valence-electron chi connectivity index (χ1n) is 4.61. The normalized spacial score (nSPS) is 13.4. The van der Waals surface area contributed by atoms with E-state index < -0.39 is 10.4 Å². The Bertz CT molecular complexity index is 215. The average molecular weight is 249 g/mol. The first-order chi connectivity index (χ1) is 5.99. The summed E-state index contributed by atoms with van der Waals surface area (Å²) in [5.74, 6) is 0.224. The maximum Gasteiger partial charge on any atom is 0.397 e. The van der Waals surface area contributed by atoms with Crippen molar-refractivity contribution in [3.63, 3.8) is 0 Å². The zero-order chi connectivity index (χ0) is 10.3. The Labute approximate surface area is 129 Å². The molecule has 0 bridgehead atoms. The molecule has 0 aliphatic rings. The fraction of sp³-hybridized carbons (Fsp3) is 1.00. The summed E-state index contributed by atoms with van der Waals surface area (Å²) in [5, 5.41) is 0. The van der Waals surface area contributed by atoms with Gasteiger partial charge in [0, 0.05) is 51.4 Å². The van der Waals surface area contributed by atoms with Crippen LogP contribution < -0.4 is 0 Å². The van der Waals surface area contributed by atoms with E-state index in [1.165, 1.54) is 0 Å². The van der Waals surface area contributed by atoms with E-state index >= 15 is 0 Å². The minimum atomic E-state index is -4.25. The predicted molar refractivity (Wildman–Crippen MR) is 56.6 cm³/mol. The van der Waals surface area contributed by atoms with Crippen LogP contribution in [0.3, 0.4) is 0 Å². The third-order valence-corrected chi connectivity index (χ3v) is 2.43. The summed E-state index contributed by atoms with van der Waals surface area (Å²) in [4.78, 5) is 0. The van der Waals surface area contributed by atoms with Crippen LogP contribution in [0.4, 0.5) is 0 Å². The quantitative estimate of drug-likeness (QED) is 0.550. The second-order valence-corrected chi connectivity index (χ2v) is 4.22. The molecule has 0 spiro atoms. The summed E-state index contributed by atoms with van der Waals surface area (Å²) in [5.41, 5.74) is 0. The minimum absolute atomic E-state index is 0. The third-order valence-electron chi connectivity index (χ3n) is 2.00. The van der Waals surface area contributed by atoms with Gasteiger partial charge >= 0.3 is 10.4 Å². The second kappa shape index (κ2) is 9.71. The van der Waals surface area contributed by atoms with E-state index in [0.29, 0.717) is 0 Å². The van der Waals surface area contributed by atoms with Crippen molar-refractivity contribution in [3.05, 3.63) is 0 Å². The molecule has 0 amide bonds. The summed E-state index contributed by atoms with van der Waals surface area (Å²) in [6, 6.07) is 0. The van der Waals surface area contributed by atoms with E-state index in [0.717, 1.165) is 25.7 Å². The molecule has 0 rings (SSSR count). The first-order valence-corrected chi connectivity index (χ1v) is 5.98. The standard InChI is InChI=1S/C8H18O4S.K/c1-3-5-6-8(4-2)7-12-13(9,10)11;/h8H,3-7H2,1-2H3,(H,9,10,11);. The van der Waals surface area contributed by atoms with E-state index in [2.05, 4.69) is 11.1 Å². The fourth-order valence-electron chi connectivity index (χ4n) is 1.08. The van der Waals surface area contributed by atoms with E-state index in [1.54, 1.807) is 0 Å². The SMILES string of the molecule is CCCCC(CC)COS(=O)(=O)O.[K]. The Morgan fingerprint density at radius 1 is 1.36 bits per heavy atom. The molecule has 1 radical (unpaired) electrons. The molecule has 0 saturated carbocycles. The van der Waals surface area contributed by atoms with E-state index in [-0.39, 0.29) is 63.9 Å². The van der Waals surface area contributed by atoms with Gasteiger partial charge in [0.1, 0.15) is 0 Å². The van der Waals surface area contributed by atoms with Gasteiger partial charge in [-0.15, -0.1) is 0 Å². The zero-order valence-corrected chi connectivity index (χ0v) is 13.1. The summed E-state index contributed by atoms with van der Waals surface area (Å²) < 4.78 is 33.2. The van der Waals surface area contributed by atoms with Gasteiger partial charge in [-0.05, 0) is 12.3 Å². The van der Waals surface area contributed by atoms with Gasteiger partial charge in [-0.25, -0.2) is 4.18 Å². The molecule has 1 N–H and O–H groups in total. The fourth-order valence-corrected chi connectivity index (χ4v) is 1.44. The van der Waals surface area contributed by atoms with Gasteiger partial charge in [-0.2, -0.15) is 8.42 Å². The van der Waals surface area contributed by atoms with Crippen LogP contribution in [0.25, 0.3) is 0 Å². The second-order valence-electron chi connectivity index (χ2n) is 3.13. The first kappa shape index (κ1) is 17.9. The summed E-state index contributed by atoms with van der Waals surface area (Å²) in [6.07, 6.45) is 3.97. The molecule has 14 heavy (non-hydrogen) atoms. The number of hydrogen-bond donors (Lipinski definition) is 1. The molecule has 1 unspecified atom stereocenters. The van der Waals surface area contributed by atoms with E-state index in [1.807, 2.05) is 6.92 Å². The van der Waals surface area contributed by atoms with Gasteiger partial charge in [0.25, 0.3) is 0 Å². The molecule has 0 aromatic rings. The van der Waals surface area contributed by atoms with Crippen LogP contribution in [0.15, 0.2) is 0 Å². The van der Waals surface area contributed by atoms with Gasteiger partial charge in [0.2, 0.25) is 0 Å². The largest absolute Gasteiger partial charge is 0.397 e. The zero-order valence-electron chi connectivity index (χ0n) is 9.19. The Morgan fingerprint density at radius 2 is 1.93 bits per heavy atom. The van der Waals surface area contributed by atoms with E-state index in [9.17, 15) is 8.42 Å². The molecule has 0 fully saturated rings. The Hall–Kier alpha value is 1.51. The summed E-state index contributed by atoms with van der Waals surface area (Å²) >= 11 is 0. The van der Waals surface area contributed by atoms with Crippen LogP contribution >= 0.6 is 0 Å². The molecule has 81 valence electrons. The van der Waals surface area contributed by atoms with Gasteiger partial charge in [-0.3, -0.25) is 4.55 Å². The Morgan fingerprint density at radius 3 is 2.29 bits per heavy atom. The number of hydrogen-bond acceptors (Lipinski definition) is 3. The van der Waals surface area contributed by atoms with Crippen LogP contribution in [0.1, 0.15) is 39.5 Å². The average Bonchev–Trinajstić information content (AvgIpc) is 2.03. The molecule has 6 heteroatoms. The molecular weight excluding hydrogens is 231 g/mol. The van der Waals surface area contributed by atoms with Gasteiger partial charge in [0.15, 0.2) is 0 Å². The van der Waals surface area contributed by atoms with Crippen LogP contribution in [-0.4, -0.2) is 71.0 Å². The molecule has 0 heterocycles. The van der Waals surface area contributed by atoms with Crippen LogP contribution in [0.2, 0.25) is 0 Å². The van der Waals surface area contributed by atoms with E-state index in [4.69, 9.17) is 4.55 Å². The molecular formula is C8H18KO4S. The number of rotatable bonds is 7. The van der Waals surface area contributed by atoms with Crippen molar-refractivity contribution in [1.29, 1.82) is 0 Å². The topological polar surface area (TPSA) is 63.6 Å². The van der Waals surface area contributed by atoms with Crippen molar-refractivity contribution in [2.45, 2.75) is 39.5 Å². The predicted octanol–water partition coefficient (Wildman–Crippen LogP) is 1.64. The van der Waals surface area contributed by atoms with Gasteiger partial charge in [-0.1, -0.05) is 33.1 Å². The molecule has 0 aromatic heterocycles. The maximum absolute atomic E-state index is 10.3. The van der Waals surface area contributed by atoms with Crippen LogP contribution in [0, 0.1) is 5.92 Å². The molecule has 0 aliphatic heterocycles. The maximum atomic E-state index is 10.3. The molecule has 0 aromatic carbocycles. The summed E-state index contributed by atoms with van der Waals surface area (Å²) in [7, 11) is -4.25. The monoisotopic (exact) mass is 249 g/mol. The van der Waals surface area contributed by atoms with Crippen molar-refractivity contribution < 1.29 is 17.2 Å². The van der Waals surface area contributed by atoms with Gasteiger partial charge < -0.3 is 0 Å². The van der Waals surface area contributed by atoms with Crippen molar-refractivity contribution in [3.8, 4) is 0 Å². The molecule has 4 nitrogen and oxygen atoms in total. The smallest absolute Gasteiger partial charge is 0.264 e. The van der Waals surface area contributed by atoms with Crippen molar-refractivity contribution in [2.24, 2.45) is 5.92 Å². The van der Waals surface area contributed by atoms with Crippen LogP contribution in [-0.2, 0) is 14.6 Å².